The molecule has 2 heterocycles. The van der Waals surface area contributed by atoms with Crippen molar-refractivity contribution in [2.45, 2.75) is 51.4 Å². The van der Waals surface area contributed by atoms with Crippen LogP contribution >= 0.6 is 0 Å². The quantitative estimate of drug-likeness (QED) is 0.671. The molecule has 0 atom stereocenters. The average molecular weight is 427 g/mol. The van der Waals surface area contributed by atoms with Crippen molar-refractivity contribution >= 4 is 5.91 Å². The normalized spacial score (nSPS) is 18.7. The monoisotopic (exact) mass is 426 g/mol. The highest BCUT2D eigenvalue weighted by atomic mass is 16.5. The Morgan fingerprint density at radius 1 is 1.06 bits per heavy atom. The molecule has 1 amide bonds. The molecule has 1 aromatic heterocycles. The number of hydrogen-bond donors (Lipinski definition) is 0. The zero-order chi connectivity index (χ0) is 21.5. The third kappa shape index (κ3) is 6.06. The van der Waals surface area contributed by atoms with Crippen LogP contribution in [0.2, 0.25) is 0 Å². The van der Waals surface area contributed by atoms with E-state index in [0.29, 0.717) is 24.6 Å². The van der Waals surface area contributed by atoms with Crippen molar-refractivity contribution in [2.24, 2.45) is 5.92 Å². The third-order valence-electron chi connectivity index (χ3n) is 6.55. The zero-order valence-electron chi connectivity index (χ0n) is 18.6. The number of nitrogens with zero attached hydrogens (tertiary/aromatic N) is 4. The first-order valence-corrected chi connectivity index (χ1v) is 11.7. The lowest BCUT2D eigenvalue weighted by molar-refractivity contribution is -0.131. The minimum absolute atomic E-state index is 0.184. The lowest BCUT2D eigenvalue weighted by Gasteiger charge is -2.28. The van der Waals surface area contributed by atoms with Crippen LogP contribution in [-0.2, 0) is 11.2 Å². The van der Waals surface area contributed by atoms with Crippen molar-refractivity contribution in [3.8, 4) is 17.1 Å². The van der Waals surface area contributed by atoms with Gasteiger partial charge in [-0.3, -0.25) is 4.79 Å². The van der Waals surface area contributed by atoms with E-state index in [2.05, 4.69) is 15.0 Å². The summed E-state index contributed by atoms with van der Waals surface area (Å²) in [6, 6.07) is 7.53. The fraction of sp³-hybridized carbons (Fsp3) is 0.625. The summed E-state index contributed by atoms with van der Waals surface area (Å²) >= 11 is 0. The van der Waals surface area contributed by atoms with E-state index in [1.807, 2.05) is 29.2 Å². The second-order valence-corrected chi connectivity index (χ2v) is 8.78. The first-order valence-electron chi connectivity index (χ1n) is 11.7. The molecule has 0 spiro atoms. The molecule has 1 aliphatic carbocycles. The average Bonchev–Trinajstić information content (AvgIpc) is 3.17. The molecule has 7 heteroatoms. The van der Waals surface area contributed by atoms with Crippen molar-refractivity contribution in [3.63, 3.8) is 0 Å². The van der Waals surface area contributed by atoms with E-state index in [1.165, 1.54) is 38.6 Å². The third-order valence-corrected chi connectivity index (χ3v) is 6.55. The Labute approximate surface area is 184 Å². The topological polar surface area (TPSA) is 71.7 Å². The molecule has 1 aliphatic heterocycles. The maximum absolute atomic E-state index is 12.8. The molecule has 31 heavy (non-hydrogen) atoms. The summed E-state index contributed by atoms with van der Waals surface area (Å²) in [5.74, 6) is 2.87. The maximum Gasteiger partial charge on any atom is 0.227 e. The van der Waals surface area contributed by atoms with Gasteiger partial charge in [-0.25, -0.2) is 0 Å². The predicted octanol–water partition coefficient (Wildman–Crippen LogP) is 3.79. The molecule has 0 unspecified atom stereocenters. The smallest absolute Gasteiger partial charge is 0.227 e. The second-order valence-electron chi connectivity index (χ2n) is 8.78. The van der Waals surface area contributed by atoms with E-state index < -0.39 is 0 Å². The van der Waals surface area contributed by atoms with Crippen LogP contribution in [0.4, 0.5) is 0 Å². The van der Waals surface area contributed by atoms with E-state index in [-0.39, 0.29) is 5.91 Å². The van der Waals surface area contributed by atoms with Gasteiger partial charge in [-0.15, -0.1) is 0 Å². The Balaban J connectivity index is 1.23. The molecule has 0 N–H and O–H groups in total. The lowest BCUT2D eigenvalue weighted by Crippen LogP contribution is -2.37. The Morgan fingerprint density at radius 3 is 2.65 bits per heavy atom. The number of methoxy groups -OCH3 is 1. The first-order chi connectivity index (χ1) is 15.2. The maximum atomic E-state index is 12.8. The van der Waals surface area contributed by atoms with Crippen LogP contribution in [0.3, 0.4) is 0 Å². The largest absolute Gasteiger partial charge is 0.497 e. The summed E-state index contributed by atoms with van der Waals surface area (Å²) in [5, 5.41) is 4.05. The van der Waals surface area contributed by atoms with Gasteiger partial charge in [0.2, 0.25) is 17.6 Å². The van der Waals surface area contributed by atoms with Gasteiger partial charge in [0.05, 0.1) is 7.11 Å². The minimum atomic E-state index is 0.184. The van der Waals surface area contributed by atoms with Crippen molar-refractivity contribution in [1.29, 1.82) is 0 Å². The van der Waals surface area contributed by atoms with Crippen LogP contribution in [0, 0.1) is 5.92 Å². The standard InChI is InChI=1S/C24H34N4O3/c1-30-21-10-8-20(9-11-21)24-25-22(31-26-24)12-13-23(29)28-15-5-14-27(16-17-28)18-19-6-3-2-4-7-19/h8-11,19H,2-7,12-18H2,1H3. The van der Waals surface area contributed by atoms with Gasteiger partial charge in [-0.1, -0.05) is 24.4 Å². The molecule has 7 nitrogen and oxygen atoms in total. The number of amides is 1. The molecule has 2 fully saturated rings. The Morgan fingerprint density at radius 2 is 1.87 bits per heavy atom. The van der Waals surface area contributed by atoms with E-state index in [0.717, 1.165) is 49.8 Å². The molecule has 1 saturated carbocycles. The van der Waals surface area contributed by atoms with Crippen LogP contribution in [0.15, 0.2) is 28.8 Å². The highest BCUT2D eigenvalue weighted by Crippen LogP contribution is 2.25. The molecule has 1 aromatic carbocycles. The van der Waals surface area contributed by atoms with Crippen LogP contribution in [-0.4, -0.2) is 65.7 Å². The molecule has 1 saturated heterocycles. The van der Waals surface area contributed by atoms with Gasteiger partial charge < -0.3 is 19.1 Å². The number of aromatic nitrogens is 2. The SMILES string of the molecule is COc1ccc(-c2noc(CCC(=O)N3CCCN(CC4CCCCC4)CC3)n2)cc1. The number of aryl methyl sites for hydroxylation is 1. The van der Waals surface area contributed by atoms with Gasteiger partial charge >= 0.3 is 0 Å². The lowest BCUT2D eigenvalue weighted by atomic mass is 9.89. The zero-order valence-corrected chi connectivity index (χ0v) is 18.6. The van der Waals surface area contributed by atoms with Crippen molar-refractivity contribution in [2.75, 3.05) is 39.8 Å². The Bertz CT molecular complexity index is 830. The van der Waals surface area contributed by atoms with Gasteiger partial charge in [0.1, 0.15) is 5.75 Å². The number of ether oxygens (including phenoxy) is 1. The molecule has 168 valence electrons. The summed E-state index contributed by atoms with van der Waals surface area (Å²) in [6.07, 6.45) is 8.87. The van der Waals surface area contributed by atoms with Gasteiger partial charge in [0.25, 0.3) is 0 Å². The van der Waals surface area contributed by atoms with Gasteiger partial charge in [0.15, 0.2) is 0 Å². The number of rotatable bonds is 7. The van der Waals surface area contributed by atoms with Crippen molar-refractivity contribution in [3.05, 3.63) is 30.2 Å². The minimum Gasteiger partial charge on any atom is -0.497 e. The molecular weight excluding hydrogens is 392 g/mol. The molecule has 2 aliphatic rings. The second kappa shape index (κ2) is 10.8. The van der Waals surface area contributed by atoms with Crippen LogP contribution < -0.4 is 4.74 Å². The van der Waals surface area contributed by atoms with E-state index in [9.17, 15) is 4.79 Å². The van der Waals surface area contributed by atoms with Crippen molar-refractivity contribution in [1.82, 2.24) is 19.9 Å². The summed E-state index contributed by atoms with van der Waals surface area (Å²) in [7, 11) is 1.64. The van der Waals surface area contributed by atoms with E-state index in [1.54, 1.807) is 7.11 Å². The highest BCUT2D eigenvalue weighted by molar-refractivity contribution is 5.76. The van der Waals surface area contributed by atoms with Crippen LogP contribution in [0.5, 0.6) is 5.75 Å². The fourth-order valence-electron chi connectivity index (χ4n) is 4.72. The number of hydrogen-bond acceptors (Lipinski definition) is 6. The molecular formula is C24H34N4O3. The number of carbonyl (C=O) groups excluding carboxylic acids is 1. The van der Waals surface area contributed by atoms with Gasteiger partial charge in [-0.2, -0.15) is 4.98 Å². The summed E-state index contributed by atoms with van der Waals surface area (Å²) in [5.41, 5.74) is 0.868. The molecule has 2 aromatic rings. The Hall–Kier alpha value is -2.41. The first kappa shape index (κ1) is 21.8. The highest BCUT2D eigenvalue weighted by Gasteiger charge is 2.22. The van der Waals surface area contributed by atoms with Crippen LogP contribution in [0.25, 0.3) is 11.4 Å². The number of benzene rings is 1. The van der Waals surface area contributed by atoms with Crippen molar-refractivity contribution < 1.29 is 14.1 Å². The summed E-state index contributed by atoms with van der Waals surface area (Å²) in [6.45, 7) is 4.98. The molecule has 0 bridgehead atoms. The number of carbonyl (C=O) groups is 1. The van der Waals surface area contributed by atoms with E-state index in [4.69, 9.17) is 9.26 Å². The fourth-order valence-corrected chi connectivity index (χ4v) is 4.72. The van der Waals surface area contributed by atoms with E-state index >= 15 is 0 Å². The van der Waals surface area contributed by atoms with Crippen LogP contribution in [0.1, 0.15) is 50.8 Å². The predicted molar refractivity (Wildman–Crippen MR) is 119 cm³/mol. The van der Waals surface area contributed by atoms with Gasteiger partial charge in [0, 0.05) is 44.6 Å². The molecule has 4 rings (SSSR count). The summed E-state index contributed by atoms with van der Waals surface area (Å²) in [4.78, 5) is 21.8. The van der Waals surface area contributed by atoms with Gasteiger partial charge in [-0.05, 0) is 56.0 Å². The molecule has 0 radical (unpaired) electrons. The Kier molecular flexibility index (Phi) is 7.57. The summed E-state index contributed by atoms with van der Waals surface area (Å²) < 4.78 is 10.5.